The van der Waals surface area contributed by atoms with E-state index >= 15 is 0 Å². The van der Waals surface area contributed by atoms with Gasteiger partial charge in [0.2, 0.25) is 0 Å². The Balaban J connectivity index is 2.48. The Morgan fingerprint density at radius 2 is 2.00 bits per heavy atom. The van der Waals surface area contributed by atoms with E-state index in [-0.39, 0.29) is 13.2 Å². The zero-order chi connectivity index (χ0) is 16.6. The Bertz CT molecular complexity index is 491. The smallest absolute Gasteiger partial charge is 0.411 e. The van der Waals surface area contributed by atoms with Crippen LogP contribution >= 0.6 is 0 Å². The minimum Gasteiger partial charge on any atom is -0.493 e. The molecule has 0 unspecified atom stereocenters. The highest BCUT2D eigenvalue weighted by atomic mass is 19.4. The highest BCUT2D eigenvalue weighted by Gasteiger charge is 2.27. The number of benzene rings is 1. The van der Waals surface area contributed by atoms with Crippen molar-refractivity contribution in [1.82, 2.24) is 5.32 Å². The number of methoxy groups -OCH3 is 1. The lowest BCUT2D eigenvalue weighted by Crippen LogP contribution is -2.28. The van der Waals surface area contributed by atoms with Crippen LogP contribution in [0.4, 0.5) is 13.2 Å². The minimum absolute atomic E-state index is 0.0234. The fraction of sp³-hybridized carbons (Fsp3) is 0.500. The third kappa shape index (κ3) is 6.21. The lowest BCUT2D eigenvalue weighted by Gasteiger charge is -2.11. The molecule has 0 saturated carbocycles. The Morgan fingerprint density at radius 1 is 1.27 bits per heavy atom. The number of hydrogen-bond donors (Lipinski definition) is 1. The second-order valence-electron chi connectivity index (χ2n) is 4.22. The lowest BCUT2D eigenvalue weighted by molar-refractivity contribution is -0.173. The van der Waals surface area contributed by atoms with Crippen molar-refractivity contribution in [1.29, 1.82) is 0 Å². The molecule has 1 N–H and O–H groups in total. The van der Waals surface area contributed by atoms with E-state index in [2.05, 4.69) is 10.1 Å². The molecule has 0 aliphatic heterocycles. The SMILES string of the molecule is CCOc1ccc(C(=O)NCCOCC(F)(F)F)cc1OC. The van der Waals surface area contributed by atoms with Gasteiger partial charge in [-0.15, -0.1) is 0 Å². The maximum Gasteiger partial charge on any atom is 0.411 e. The Kier molecular flexibility index (Phi) is 6.97. The van der Waals surface area contributed by atoms with E-state index in [1.807, 2.05) is 6.92 Å². The first-order chi connectivity index (χ1) is 10.4. The average Bonchev–Trinajstić information content (AvgIpc) is 2.46. The third-order valence-corrected chi connectivity index (χ3v) is 2.52. The van der Waals surface area contributed by atoms with Gasteiger partial charge in [0.15, 0.2) is 11.5 Å². The summed E-state index contributed by atoms with van der Waals surface area (Å²) in [6, 6.07) is 4.63. The van der Waals surface area contributed by atoms with E-state index < -0.39 is 18.7 Å². The quantitative estimate of drug-likeness (QED) is 0.747. The minimum atomic E-state index is -4.37. The first-order valence-corrected chi connectivity index (χ1v) is 6.61. The van der Waals surface area contributed by atoms with E-state index in [9.17, 15) is 18.0 Å². The van der Waals surface area contributed by atoms with Gasteiger partial charge in [-0.05, 0) is 25.1 Å². The number of amides is 1. The van der Waals surface area contributed by atoms with Crippen LogP contribution in [0.1, 0.15) is 17.3 Å². The second kappa shape index (κ2) is 8.47. The molecule has 1 amide bonds. The second-order valence-corrected chi connectivity index (χ2v) is 4.22. The van der Waals surface area contributed by atoms with Crippen molar-refractivity contribution in [2.24, 2.45) is 0 Å². The van der Waals surface area contributed by atoms with Crippen LogP contribution in [0.3, 0.4) is 0 Å². The van der Waals surface area contributed by atoms with Gasteiger partial charge in [-0.25, -0.2) is 0 Å². The number of rotatable bonds is 8. The van der Waals surface area contributed by atoms with E-state index in [4.69, 9.17) is 9.47 Å². The molecule has 124 valence electrons. The van der Waals surface area contributed by atoms with Crippen LogP contribution in [0, 0.1) is 0 Å². The van der Waals surface area contributed by atoms with Gasteiger partial charge in [-0.2, -0.15) is 13.2 Å². The summed E-state index contributed by atoms with van der Waals surface area (Å²) >= 11 is 0. The molecule has 0 bridgehead atoms. The van der Waals surface area contributed by atoms with Crippen LogP contribution in [-0.4, -0.2) is 45.6 Å². The topological polar surface area (TPSA) is 56.8 Å². The van der Waals surface area contributed by atoms with Gasteiger partial charge in [0.1, 0.15) is 6.61 Å². The maximum absolute atomic E-state index is 11.9. The predicted molar refractivity (Wildman–Crippen MR) is 73.4 cm³/mol. The van der Waals surface area contributed by atoms with Crippen LogP contribution in [0.5, 0.6) is 11.5 Å². The summed E-state index contributed by atoms with van der Waals surface area (Å²) < 4.78 is 50.4. The number of carbonyl (C=O) groups excluding carboxylic acids is 1. The molecule has 5 nitrogen and oxygen atoms in total. The van der Waals surface area contributed by atoms with Gasteiger partial charge in [0.05, 0.1) is 20.3 Å². The van der Waals surface area contributed by atoms with Gasteiger partial charge >= 0.3 is 6.18 Å². The molecular formula is C14H18F3NO4. The monoisotopic (exact) mass is 321 g/mol. The molecule has 1 rings (SSSR count). The van der Waals surface area contributed by atoms with Crippen LogP contribution in [-0.2, 0) is 4.74 Å². The highest BCUT2D eigenvalue weighted by Crippen LogP contribution is 2.27. The summed E-state index contributed by atoms with van der Waals surface area (Å²) in [6.07, 6.45) is -4.37. The molecule has 1 aromatic carbocycles. The summed E-state index contributed by atoms with van der Waals surface area (Å²) in [7, 11) is 1.45. The molecule has 0 heterocycles. The standard InChI is InChI=1S/C14H18F3NO4/c1-3-22-11-5-4-10(8-12(11)20-2)13(19)18-6-7-21-9-14(15,16)17/h4-5,8H,3,6-7,9H2,1-2H3,(H,18,19). The molecular weight excluding hydrogens is 303 g/mol. The van der Waals surface area contributed by atoms with Crippen molar-refractivity contribution in [3.8, 4) is 11.5 Å². The van der Waals surface area contributed by atoms with E-state index in [0.717, 1.165) is 0 Å². The molecule has 0 radical (unpaired) electrons. The van der Waals surface area contributed by atoms with Crippen molar-refractivity contribution in [3.05, 3.63) is 23.8 Å². The zero-order valence-electron chi connectivity index (χ0n) is 12.3. The average molecular weight is 321 g/mol. The molecule has 0 aromatic heterocycles. The van der Waals surface area contributed by atoms with Gasteiger partial charge in [-0.3, -0.25) is 4.79 Å². The van der Waals surface area contributed by atoms with Gasteiger partial charge in [-0.1, -0.05) is 0 Å². The van der Waals surface area contributed by atoms with E-state index in [1.165, 1.54) is 13.2 Å². The normalized spacial score (nSPS) is 11.1. The van der Waals surface area contributed by atoms with Crippen molar-refractivity contribution in [2.75, 3.05) is 33.5 Å². The van der Waals surface area contributed by atoms with Crippen molar-refractivity contribution in [3.63, 3.8) is 0 Å². The summed E-state index contributed by atoms with van der Waals surface area (Å²) in [5, 5.41) is 2.46. The summed E-state index contributed by atoms with van der Waals surface area (Å²) in [5.41, 5.74) is 0.316. The number of nitrogens with one attached hydrogen (secondary N) is 1. The molecule has 0 atom stereocenters. The predicted octanol–water partition coefficient (Wildman–Crippen LogP) is 2.40. The van der Waals surface area contributed by atoms with E-state index in [1.54, 1.807) is 12.1 Å². The van der Waals surface area contributed by atoms with Gasteiger partial charge in [0, 0.05) is 12.1 Å². The van der Waals surface area contributed by atoms with Gasteiger partial charge in [0.25, 0.3) is 5.91 Å². The summed E-state index contributed by atoms with van der Waals surface area (Å²) in [6.45, 7) is 0.697. The molecule has 0 fully saturated rings. The lowest BCUT2D eigenvalue weighted by atomic mass is 10.2. The largest absolute Gasteiger partial charge is 0.493 e. The summed E-state index contributed by atoms with van der Waals surface area (Å²) in [4.78, 5) is 11.9. The number of halogens is 3. The highest BCUT2D eigenvalue weighted by molar-refractivity contribution is 5.94. The maximum atomic E-state index is 11.9. The number of ether oxygens (including phenoxy) is 3. The van der Waals surface area contributed by atoms with Crippen molar-refractivity contribution < 1.29 is 32.2 Å². The van der Waals surface area contributed by atoms with Crippen LogP contribution < -0.4 is 14.8 Å². The number of hydrogen-bond acceptors (Lipinski definition) is 4. The Labute approximate surface area is 126 Å². The summed E-state index contributed by atoms with van der Waals surface area (Å²) in [5.74, 6) is 0.481. The molecule has 8 heteroatoms. The molecule has 0 aliphatic rings. The fourth-order valence-electron chi connectivity index (χ4n) is 1.61. The first-order valence-electron chi connectivity index (χ1n) is 6.61. The number of alkyl halides is 3. The number of carbonyl (C=O) groups is 1. The van der Waals surface area contributed by atoms with Crippen molar-refractivity contribution >= 4 is 5.91 Å². The van der Waals surface area contributed by atoms with Crippen LogP contribution in [0.2, 0.25) is 0 Å². The van der Waals surface area contributed by atoms with Crippen LogP contribution in [0.25, 0.3) is 0 Å². The molecule has 0 saturated heterocycles. The molecule has 1 aromatic rings. The van der Waals surface area contributed by atoms with Crippen LogP contribution in [0.15, 0.2) is 18.2 Å². The molecule has 22 heavy (non-hydrogen) atoms. The molecule has 0 spiro atoms. The Morgan fingerprint density at radius 3 is 2.59 bits per heavy atom. The van der Waals surface area contributed by atoms with Gasteiger partial charge < -0.3 is 19.5 Å². The fourth-order valence-corrected chi connectivity index (χ4v) is 1.61. The zero-order valence-corrected chi connectivity index (χ0v) is 12.3. The molecule has 0 aliphatic carbocycles. The third-order valence-electron chi connectivity index (χ3n) is 2.52. The van der Waals surface area contributed by atoms with E-state index in [0.29, 0.717) is 23.7 Å². The van der Waals surface area contributed by atoms with Crippen molar-refractivity contribution in [2.45, 2.75) is 13.1 Å². The first kappa shape index (κ1) is 18.1. The Hall–Kier alpha value is -1.96.